The van der Waals surface area contributed by atoms with E-state index >= 15 is 0 Å². The Morgan fingerprint density at radius 1 is 1.27 bits per heavy atom. The molecular weight excluding hydrogens is 330 g/mol. The number of pyridine rings is 1. The Labute approximate surface area is 148 Å². The third-order valence-corrected chi connectivity index (χ3v) is 4.92. The SMILES string of the molecule is Cc1ccc2nc([C@@H]3CCCN3C(=O)c3ccc4nnnn4c3)[nH]c2c1. The first-order valence-electron chi connectivity index (χ1n) is 8.64. The van der Waals surface area contributed by atoms with Crippen molar-refractivity contribution in [1.82, 2.24) is 34.9 Å². The molecule has 3 aromatic heterocycles. The van der Waals surface area contributed by atoms with E-state index in [-0.39, 0.29) is 11.9 Å². The van der Waals surface area contributed by atoms with E-state index in [0.29, 0.717) is 17.8 Å². The summed E-state index contributed by atoms with van der Waals surface area (Å²) >= 11 is 0. The lowest BCUT2D eigenvalue weighted by molar-refractivity contribution is 0.0730. The molecule has 1 N–H and O–H groups in total. The number of nitrogens with one attached hydrogen (secondary N) is 1. The van der Waals surface area contributed by atoms with Gasteiger partial charge in [-0.1, -0.05) is 6.07 Å². The van der Waals surface area contributed by atoms with E-state index in [1.807, 2.05) is 17.0 Å². The number of aromatic amines is 1. The second kappa shape index (κ2) is 5.62. The van der Waals surface area contributed by atoms with Crippen molar-refractivity contribution >= 4 is 22.6 Å². The van der Waals surface area contributed by atoms with E-state index in [9.17, 15) is 4.79 Å². The van der Waals surface area contributed by atoms with Crippen LogP contribution in [0.1, 0.15) is 40.6 Å². The number of amides is 1. The second-order valence-corrected chi connectivity index (χ2v) is 6.70. The Hall–Kier alpha value is -3.29. The number of carbonyl (C=O) groups excluding carboxylic acids is 1. The fourth-order valence-electron chi connectivity index (χ4n) is 3.63. The Balaban J connectivity index is 1.49. The first kappa shape index (κ1) is 15.0. The van der Waals surface area contributed by atoms with Gasteiger partial charge in [-0.2, -0.15) is 4.52 Å². The van der Waals surface area contributed by atoms with Gasteiger partial charge in [0.15, 0.2) is 5.65 Å². The zero-order valence-corrected chi connectivity index (χ0v) is 14.3. The molecule has 8 heteroatoms. The number of aryl methyl sites for hydroxylation is 1. The van der Waals surface area contributed by atoms with E-state index in [4.69, 9.17) is 4.98 Å². The molecule has 1 aliphatic rings. The Bertz CT molecular complexity index is 1130. The Kier molecular flexibility index (Phi) is 3.24. The van der Waals surface area contributed by atoms with Gasteiger partial charge in [-0.15, -0.1) is 5.10 Å². The van der Waals surface area contributed by atoms with Gasteiger partial charge in [0.05, 0.1) is 22.6 Å². The monoisotopic (exact) mass is 347 g/mol. The molecule has 1 fully saturated rings. The van der Waals surface area contributed by atoms with E-state index in [2.05, 4.69) is 33.5 Å². The molecule has 0 radical (unpaired) electrons. The smallest absolute Gasteiger partial charge is 0.256 e. The number of H-pyrrole nitrogens is 1. The molecule has 1 amide bonds. The molecule has 0 bridgehead atoms. The highest BCUT2D eigenvalue weighted by atomic mass is 16.2. The third-order valence-electron chi connectivity index (χ3n) is 4.92. The highest BCUT2D eigenvalue weighted by molar-refractivity contribution is 5.94. The average Bonchev–Trinajstić information content (AvgIpc) is 3.37. The van der Waals surface area contributed by atoms with Gasteiger partial charge in [-0.3, -0.25) is 4.79 Å². The van der Waals surface area contributed by atoms with Crippen molar-refractivity contribution < 1.29 is 4.79 Å². The van der Waals surface area contributed by atoms with Crippen LogP contribution in [0.5, 0.6) is 0 Å². The van der Waals surface area contributed by atoms with Crippen molar-refractivity contribution in [3.8, 4) is 0 Å². The zero-order valence-electron chi connectivity index (χ0n) is 14.3. The minimum atomic E-state index is -0.0419. The summed E-state index contributed by atoms with van der Waals surface area (Å²) in [7, 11) is 0. The highest BCUT2D eigenvalue weighted by Crippen LogP contribution is 2.32. The number of rotatable bonds is 2. The minimum Gasteiger partial charge on any atom is -0.340 e. The van der Waals surface area contributed by atoms with E-state index in [1.165, 1.54) is 10.1 Å². The second-order valence-electron chi connectivity index (χ2n) is 6.70. The molecule has 1 saturated heterocycles. The molecular formula is C18H17N7O. The zero-order chi connectivity index (χ0) is 17.7. The topological polar surface area (TPSA) is 92.1 Å². The summed E-state index contributed by atoms with van der Waals surface area (Å²) < 4.78 is 1.52. The predicted octanol–water partition coefficient (Wildman–Crippen LogP) is 2.29. The molecule has 0 unspecified atom stereocenters. The first-order chi connectivity index (χ1) is 12.7. The lowest BCUT2D eigenvalue weighted by Gasteiger charge is -2.23. The number of tetrazole rings is 1. The Morgan fingerprint density at radius 3 is 3.12 bits per heavy atom. The molecule has 0 aliphatic carbocycles. The van der Waals surface area contributed by atoms with Gasteiger partial charge in [0.25, 0.3) is 5.91 Å². The van der Waals surface area contributed by atoms with Crippen molar-refractivity contribution in [3.05, 3.63) is 53.5 Å². The molecule has 1 aromatic carbocycles. The number of hydrogen-bond donors (Lipinski definition) is 1. The van der Waals surface area contributed by atoms with Crippen molar-refractivity contribution in [2.75, 3.05) is 6.54 Å². The fraction of sp³-hybridized carbons (Fsp3) is 0.278. The minimum absolute atomic E-state index is 0.0264. The lowest BCUT2D eigenvalue weighted by atomic mass is 10.2. The third kappa shape index (κ3) is 2.33. The average molecular weight is 347 g/mol. The molecule has 130 valence electrons. The lowest BCUT2D eigenvalue weighted by Crippen LogP contribution is -2.31. The summed E-state index contributed by atoms with van der Waals surface area (Å²) in [6.07, 6.45) is 3.53. The number of nitrogens with zero attached hydrogens (tertiary/aromatic N) is 6. The van der Waals surface area contributed by atoms with E-state index in [1.54, 1.807) is 18.3 Å². The molecule has 1 atom stereocenters. The van der Waals surface area contributed by atoms with E-state index < -0.39 is 0 Å². The molecule has 0 saturated carbocycles. The fourth-order valence-corrected chi connectivity index (χ4v) is 3.63. The van der Waals surface area contributed by atoms with Crippen LogP contribution in [-0.4, -0.2) is 47.4 Å². The highest BCUT2D eigenvalue weighted by Gasteiger charge is 2.33. The number of benzene rings is 1. The molecule has 8 nitrogen and oxygen atoms in total. The van der Waals surface area contributed by atoms with Gasteiger partial charge in [0.1, 0.15) is 5.82 Å². The predicted molar refractivity (Wildman–Crippen MR) is 94.6 cm³/mol. The number of likely N-dealkylation sites (tertiary alicyclic amines) is 1. The van der Waals surface area contributed by atoms with Gasteiger partial charge in [0.2, 0.25) is 0 Å². The summed E-state index contributed by atoms with van der Waals surface area (Å²) in [6, 6.07) is 9.62. The number of aromatic nitrogens is 6. The summed E-state index contributed by atoms with van der Waals surface area (Å²) in [6.45, 7) is 2.77. The maximum absolute atomic E-state index is 13.1. The molecule has 4 heterocycles. The van der Waals surface area contributed by atoms with E-state index in [0.717, 1.165) is 29.7 Å². The van der Waals surface area contributed by atoms with Crippen LogP contribution in [0.25, 0.3) is 16.7 Å². The maximum Gasteiger partial charge on any atom is 0.256 e. The molecule has 5 rings (SSSR count). The first-order valence-corrected chi connectivity index (χ1v) is 8.64. The summed E-state index contributed by atoms with van der Waals surface area (Å²) in [5.41, 5.74) is 4.31. The molecule has 0 spiro atoms. The normalized spacial score (nSPS) is 17.4. The van der Waals surface area contributed by atoms with Crippen LogP contribution >= 0.6 is 0 Å². The van der Waals surface area contributed by atoms with Crippen molar-refractivity contribution in [3.63, 3.8) is 0 Å². The van der Waals surface area contributed by atoms with Crippen LogP contribution in [0.2, 0.25) is 0 Å². The number of carbonyl (C=O) groups is 1. The van der Waals surface area contributed by atoms with Gasteiger partial charge in [-0.05, 0) is 60.0 Å². The summed E-state index contributed by atoms with van der Waals surface area (Å²) in [4.78, 5) is 23.1. The van der Waals surface area contributed by atoms with Crippen LogP contribution < -0.4 is 0 Å². The van der Waals surface area contributed by atoms with Crippen LogP contribution in [-0.2, 0) is 0 Å². The van der Waals surface area contributed by atoms with Crippen LogP contribution in [0.3, 0.4) is 0 Å². The molecule has 26 heavy (non-hydrogen) atoms. The van der Waals surface area contributed by atoms with Gasteiger partial charge in [0, 0.05) is 12.7 Å². The van der Waals surface area contributed by atoms with Crippen molar-refractivity contribution in [2.45, 2.75) is 25.8 Å². The van der Waals surface area contributed by atoms with Crippen molar-refractivity contribution in [2.24, 2.45) is 0 Å². The maximum atomic E-state index is 13.1. The van der Waals surface area contributed by atoms with Gasteiger partial charge >= 0.3 is 0 Å². The quantitative estimate of drug-likeness (QED) is 0.600. The summed E-state index contributed by atoms with van der Waals surface area (Å²) in [5, 5.41) is 11.4. The van der Waals surface area contributed by atoms with Crippen LogP contribution in [0.4, 0.5) is 0 Å². The largest absolute Gasteiger partial charge is 0.340 e. The number of hydrogen-bond acceptors (Lipinski definition) is 5. The van der Waals surface area contributed by atoms with Crippen LogP contribution in [0.15, 0.2) is 36.5 Å². The number of imidazole rings is 1. The molecule has 4 aromatic rings. The molecule has 1 aliphatic heterocycles. The van der Waals surface area contributed by atoms with Gasteiger partial charge in [-0.25, -0.2) is 4.98 Å². The summed E-state index contributed by atoms with van der Waals surface area (Å²) in [5.74, 6) is 0.821. The van der Waals surface area contributed by atoms with Gasteiger partial charge < -0.3 is 9.88 Å². The number of fused-ring (bicyclic) bond motifs is 2. The Morgan fingerprint density at radius 2 is 2.19 bits per heavy atom. The van der Waals surface area contributed by atoms with Crippen molar-refractivity contribution in [1.29, 1.82) is 0 Å². The van der Waals surface area contributed by atoms with Crippen LogP contribution in [0, 0.1) is 6.92 Å². The standard InChI is InChI=1S/C18H17N7O/c1-11-4-6-13-14(9-11)20-17(19-13)15-3-2-8-24(15)18(26)12-5-7-16-21-22-23-25(16)10-12/h4-7,9-10,15H,2-3,8H2,1H3,(H,19,20)/t15-/m0/s1.